The zero-order chi connectivity index (χ0) is 13.1. The minimum Gasteiger partial charge on any atom is -0.394 e. The van der Waals surface area contributed by atoms with Crippen LogP contribution in [0.15, 0.2) is 33.6 Å². The molecule has 0 fully saturated rings. The molecule has 0 spiro atoms. The molecule has 0 saturated heterocycles. The zero-order valence-corrected chi connectivity index (χ0v) is 11.6. The molecule has 0 amide bonds. The maximum absolute atomic E-state index is 12.0. The van der Waals surface area contributed by atoms with Gasteiger partial charge in [-0.15, -0.1) is 0 Å². The van der Waals surface area contributed by atoms with E-state index in [1.807, 2.05) is 0 Å². The number of aliphatic hydroxyl groups is 2. The molecule has 0 saturated carbocycles. The van der Waals surface area contributed by atoms with Crippen molar-refractivity contribution in [1.82, 2.24) is 4.31 Å². The number of hydrogen-bond acceptors (Lipinski definition) is 4. The number of aliphatic hydroxyl groups excluding tert-OH is 2. The predicted molar refractivity (Wildman–Crippen MR) is 67.1 cm³/mol. The second-order valence-corrected chi connectivity index (χ2v) is 6.54. The quantitative estimate of drug-likeness (QED) is 0.823. The van der Waals surface area contributed by atoms with E-state index in [-0.39, 0.29) is 11.4 Å². The second kappa shape index (κ2) is 5.92. The van der Waals surface area contributed by atoms with Gasteiger partial charge < -0.3 is 10.2 Å². The van der Waals surface area contributed by atoms with Gasteiger partial charge in [0.15, 0.2) is 0 Å². The molecule has 0 radical (unpaired) electrons. The van der Waals surface area contributed by atoms with Gasteiger partial charge in [0.2, 0.25) is 10.0 Å². The van der Waals surface area contributed by atoms with E-state index < -0.39 is 22.7 Å². The van der Waals surface area contributed by atoms with Crippen LogP contribution in [0.4, 0.5) is 0 Å². The molecule has 1 aromatic rings. The third-order valence-electron chi connectivity index (χ3n) is 2.18. The van der Waals surface area contributed by atoms with E-state index in [0.29, 0.717) is 4.47 Å². The summed E-state index contributed by atoms with van der Waals surface area (Å²) in [5.74, 6) is 0. The van der Waals surface area contributed by atoms with E-state index in [0.717, 1.165) is 4.31 Å². The van der Waals surface area contributed by atoms with Crippen molar-refractivity contribution < 1.29 is 18.6 Å². The van der Waals surface area contributed by atoms with Crippen molar-refractivity contribution in [2.24, 2.45) is 0 Å². The molecule has 0 aliphatic carbocycles. The van der Waals surface area contributed by atoms with E-state index in [2.05, 4.69) is 15.9 Å². The lowest BCUT2D eigenvalue weighted by Gasteiger charge is -2.19. The third kappa shape index (κ3) is 3.75. The number of hydrogen-bond donors (Lipinski definition) is 2. The normalized spacial score (nSPS) is 13.9. The molecule has 1 aromatic carbocycles. The average molecular weight is 324 g/mol. The fourth-order valence-corrected chi connectivity index (χ4v) is 3.07. The Morgan fingerprint density at radius 1 is 1.47 bits per heavy atom. The Kier molecular flexibility index (Phi) is 5.08. The predicted octanol–water partition coefficient (Wildman–Crippen LogP) is 0.423. The van der Waals surface area contributed by atoms with Crippen LogP contribution in [0, 0.1) is 0 Å². The first-order valence-corrected chi connectivity index (χ1v) is 7.12. The van der Waals surface area contributed by atoms with Gasteiger partial charge in [-0.25, -0.2) is 8.42 Å². The lowest BCUT2D eigenvalue weighted by atomic mass is 10.4. The molecule has 5 nitrogen and oxygen atoms in total. The van der Waals surface area contributed by atoms with Crippen LogP contribution in [0.2, 0.25) is 0 Å². The standard InChI is InChI=1S/C10H14BrNO4S/c1-12(6-9(14)7-13)17(15,16)10-4-2-3-8(11)5-10/h2-5,9,13-14H,6-7H2,1H3. The Morgan fingerprint density at radius 2 is 2.12 bits per heavy atom. The highest BCUT2D eigenvalue weighted by atomic mass is 79.9. The average Bonchev–Trinajstić information content (AvgIpc) is 2.28. The summed E-state index contributed by atoms with van der Waals surface area (Å²) >= 11 is 3.20. The highest BCUT2D eigenvalue weighted by molar-refractivity contribution is 9.10. The van der Waals surface area contributed by atoms with Crippen molar-refractivity contribution in [3.05, 3.63) is 28.7 Å². The topological polar surface area (TPSA) is 77.8 Å². The fraction of sp³-hybridized carbons (Fsp3) is 0.400. The third-order valence-corrected chi connectivity index (χ3v) is 4.50. The molecule has 0 heterocycles. The first kappa shape index (κ1) is 14.6. The maximum atomic E-state index is 12.0. The van der Waals surface area contributed by atoms with Crippen LogP contribution in [0.1, 0.15) is 0 Å². The fourth-order valence-electron chi connectivity index (χ4n) is 1.26. The summed E-state index contributed by atoms with van der Waals surface area (Å²) in [6.07, 6.45) is -1.08. The van der Waals surface area contributed by atoms with Gasteiger partial charge in [-0.1, -0.05) is 22.0 Å². The van der Waals surface area contributed by atoms with Crippen molar-refractivity contribution in [2.75, 3.05) is 20.2 Å². The van der Waals surface area contributed by atoms with Gasteiger partial charge in [0.25, 0.3) is 0 Å². The molecule has 0 aliphatic rings. The van der Waals surface area contributed by atoms with Crippen molar-refractivity contribution in [3.63, 3.8) is 0 Å². The van der Waals surface area contributed by atoms with E-state index in [1.165, 1.54) is 19.2 Å². The van der Waals surface area contributed by atoms with Gasteiger partial charge in [-0.3, -0.25) is 0 Å². The molecular weight excluding hydrogens is 310 g/mol. The molecule has 1 rings (SSSR count). The van der Waals surface area contributed by atoms with E-state index in [1.54, 1.807) is 12.1 Å². The van der Waals surface area contributed by atoms with Crippen LogP contribution >= 0.6 is 15.9 Å². The summed E-state index contributed by atoms with van der Waals surface area (Å²) in [7, 11) is -2.28. The number of benzene rings is 1. The Morgan fingerprint density at radius 3 is 2.65 bits per heavy atom. The van der Waals surface area contributed by atoms with E-state index in [9.17, 15) is 13.5 Å². The molecule has 0 aromatic heterocycles. The summed E-state index contributed by atoms with van der Waals surface area (Å²) in [6, 6.07) is 6.30. The van der Waals surface area contributed by atoms with Gasteiger partial charge in [0.05, 0.1) is 17.6 Å². The molecule has 7 heteroatoms. The Bertz CT molecular complexity index is 477. The summed E-state index contributed by atoms with van der Waals surface area (Å²) < 4.78 is 25.8. The number of nitrogens with zero attached hydrogens (tertiary/aromatic N) is 1. The smallest absolute Gasteiger partial charge is 0.242 e. The van der Waals surface area contributed by atoms with Gasteiger partial charge >= 0.3 is 0 Å². The van der Waals surface area contributed by atoms with Crippen LogP contribution < -0.4 is 0 Å². The minimum atomic E-state index is -3.63. The molecule has 17 heavy (non-hydrogen) atoms. The van der Waals surface area contributed by atoms with Gasteiger partial charge in [0, 0.05) is 18.1 Å². The SMILES string of the molecule is CN(CC(O)CO)S(=O)(=O)c1cccc(Br)c1. The van der Waals surface area contributed by atoms with Crippen LogP contribution in [0.25, 0.3) is 0 Å². The van der Waals surface area contributed by atoms with E-state index >= 15 is 0 Å². The zero-order valence-electron chi connectivity index (χ0n) is 9.25. The van der Waals surface area contributed by atoms with Gasteiger partial charge in [0.1, 0.15) is 0 Å². The molecule has 1 unspecified atom stereocenters. The number of sulfonamides is 1. The number of likely N-dealkylation sites (N-methyl/N-ethyl adjacent to an activating group) is 1. The van der Waals surface area contributed by atoms with Crippen molar-refractivity contribution in [3.8, 4) is 0 Å². The molecule has 0 aliphatic heterocycles. The largest absolute Gasteiger partial charge is 0.394 e. The highest BCUT2D eigenvalue weighted by Crippen LogP contribution is 2.19. The second-order valence-electron chi connectivity index (χ2n) is 3.58. The monoisotopic (exact) mass is 323 g/mol. The lowest BCUT2D eigenvalue weighted by molar-refractivity contribution is 0.0826. The molecule has 0 bridgehead atoms. The molecular formula is C10H14BrNO4S. The lowest BCUT2D eigenvalue weighted by Crippen LogP contribution is -2.35. The van der Waals surface area contributed by atoms with Gasteiger partial charge in [-0.2, -0.15) is 4.31 Å². The van der Waals surface area contributed by atoms with E-state index in [4.69, 9.17) is 5.11 Å². The number of rotatable bonds is 5. The van der Waals surface area contributed by atoms with Crippen LogP contribution in [0.5, 0.6) is 0 Å². The summed E-state index contributed by atoms with van der Waals surface area (Å²) in [4.78, 5) is 0.138. The van der Waals surface area contributed by atoms with Gasteiger partial charge in [-0.05, 0) is 18.2 Å². The Hall–Kier alpha value is -0.470. The Balaban J connectivity index is 2.95. The first-order valence-electron chi connectivity index (χ1n) is 4.88. The maximum Gasteiger partial charge on any atom is 0.242 e. The molecule has 1 atom stereocenters. The summed E-state index contributed by atoms with van der Waals surface area (Å²) in [6.45, 7) is -0.621. The van der Waals surface area contributed by atoms with Crippen molar-refractivity contribution in [1.29, 1.82) is 0 Å². The molecule has 96 valence electrons. The van der Waals surface area contributed by atoms with Crippen molar-refractivity contribution in [2.45, 2.75) is 11.0 Å². The van der Waals surface area contributed by atoms with Crippen LogP contribution in [-0.2, 0) is 10.0 Å². The van der Waals surface area contributed by atoms with Crippen LogP contribution in [0.3, 0.4) is 0 Å². The Labute approximate surface area is 109 Å². The number of halogens is 1. The van der Waals surface area contributed by atoms with Crippen LogP contribution in [-0.4, -0.2) is 49.2 Å². The minimum absolute atomic E-state index is 0.138. The first-order chi connectivity index (χ1) is 7.87. The highest BCUT2D eigenvalue weighted by Gasteiger charge is 2.22. The van der Waals surface area contributed by atoms with Crippen molar-refractivity contribution >= 4 is 26.0 Å². The summed E-state index contributed by atoms with van der Waals surface area (Å²) in [5, 5.41) is 17.9. The summed E-state index contributed by atoms with van der Waals surface area (Å²) in [5.41, 5.74) is 0. The molecule has 2 N–H and O–H groups in total.